The Morgan fingerprint density at radius 3 is 2.26 bits per heavy atom. The van der Waals surface area contributed by atoms with Gasteiger partial charge in [-0.3, -0.25) is 5.10 Å². The Labute approximate surface area is 178 Å². The van der Waals surface area contributed by atoms with Crippen LogP contribution in [0.1, 0.15) is 0 Å². The van der Waals surface area contributed by atoms with Gasteiger partial charge in [-0.2, -0.15) is 15.1 Å². The van der Waals surface area contributed by atoms with Gasteiger partial charge in [-0.1, -0.05) is 18.2 Å². The Kier molecular flexibility index (Phi) is 5.35. The van der Waals surface area contributed by atoms with Gasteiger partial charge in [-0.05, 0) is 6.07 Å². The van der Waals surface area contributed by atoms with Crippen LogP contribution in [0.3, 0.4) is 0 Å². The molecule has 0 amide bonds. The van der Waals surface area contributed by atoms with Crippen LogP contribution in [-0.4, -0.2) is 48.6 Å². The number of aromatic amines is 1. The summed E-state index contributed by atoms with van der Waals surface area (Å²) in [5, 5.41) is 11.4. The SMILES string of the molecule is COc1cc(Nc2nc(N)c(-c3n[nH]c4ccccc34)c(OC)n2)cc(OC)c1OC. The first-order valence-electron chi connectivity index (χ1n) is 9.31. The van der Waals surface area contributed by atoms with Crippen LogP contribution in [-0.2, 0) is 0 Å². The summed E-state index contributed by atoms with van der Waals surface area (Å²) in [7, 11) is 6.14. The Hall–Kier alpha value is -4.21. The highest BCUT2D eigenvalue weighted by atomic mass is 16.5. The number of nitrogen functional groups attached to an aromatic ring is 1. The molecule has 0 aliphatic carbocycles. The Morgan fingerprint density at radius 1 is 0.903 bits per heavy atom. The predicted molar refractivity (Wildman–Crippen MR) is 117 cm³/mol. The third-order valence-corrected chi connectivity index (χ3v) is 4.73. The van der Waals surface area contributed by atoms with Crippen molar-refractivity contribution in [2.75, 3.05) is 39.5 Å². The topological polar surface area (TPSA) is 129 Å². The quantitative estimate of drug-likeness (QED) is 0.410. The van der Waals surface area contributed by atoms with E-state index in [1.165, 1.54) is 7.11 Å². The minimum atomic E-state index is 0.221. The third-order valence-electron chi connectivity index (χ3n) is 4.73. The molecule has 0 radical (unpaired) electrons. The van der Waals surface area contributed by atoms with Crippen molar-refractivity contribution in [1.29, 1.82) is 0 Å². The molecule has 0 saturated heterocycles. The first kappa shape index (κ1) is 20.1. The van der Waals surface area contributed by atoms with E-state index in [4.69, 9.17) is 24.7 Å². The molecular weight excluding hydrogens is 400 g/mol. The Morgan fingerprint density at radius 2 is 1.61 bits per heavy atom. The zero-order valence-electron chi connectivity index (χ0n) is 17.5. The minimum absolute atomic E-state index is 0.221. The number of nitrogens with one attached hydrogen (secondary N) is 2. The van der Waals surface area contributed by atoms with E-state index in [9.17, 15) is 0 Å². The van der Waals surface area contributed by atoms with Gasteiger partial charge in [0, 0.05) is 23.2 Å². The molecule has 4 aromatic rings. The lowest BCUT2D eigenvalue weighted by atomic mass is 10.1. The highest BCUT2D eigenvalue weighted by Crippen LogP contribution is 2.41. The van der Waals surface area contributed by atoms with Crippen molar-refractivity contribution in [2.45, 2.75) is 0 Å². The summed E-state index contributed by atoms with van der Waals surface area (Å²) >= 11 is 0. The zero-order chi connectivity index (χ0) is 22.0. The van der Waals surface area contributed by atoms with Crippen LogP contribution in [0.25, 0.3) is 22.2 Å². The minimum Gasteiger partial charge on any atom is -0.493 e. The summed E-state index contributed by atoms with van der Waals surface area (Å²) in [6.45, 7) is 0. The van der Waals surface area contributed by atoms with Gasteiger partial charge in [0.2, 0.25) is 17.6 Å². The number of fused-ring (bicyclic) bond motifs is 1. The fraction of sp³-hybridized carbons (Fsp3) is 0.190. The molecule has 0 aliphatic rings. The number of para-hydroxylation sites is 1. The smallest absolute Gasteiger partial charge is 0.232 e. The maximum Gasteiger partial charge on any atom is 0.232 e. The molecule has 10 heteroatoms. The molecule has 2 aromatic heterocycles. The highest BCUT2D eigenvalue weighted by molar-refractivity contribution is 5.96. The molecular formula is C21H22N6O4. The second kappa shape index (κ2) is 8.27. The maximum atomic E-state index is 6.30. The van der Waals surface area contributed by atoms with Crippen LogP contribution in [0.2, 0.25) is 0 Å². The summed E-state index contributed by atoms with van der Waals surface area (Å²) in [6.07, 6.45) is 0. The average Bonchev–Trinajstić information content (AvgIpc) is 3.21. The fourth-order valence-corrected chi connectivity index (χ4v) is 3.32. The van der Waals surface area contributed by atoms with Gasteiger partial charge in [-0.15, -0.1) is 0 Å². The van der Waals surface area contributed by atoms with Crippen LogP contribution >= 0.6 is 0 Å². The van der Waals surface area contributed by atoms with E-state index in [-0.39, 0.29) is 11.8 Å². The van der Waals surface area contributed by atoms with Gasteiger partial charge in [0.1, 0.15) is 17.1 Å². The number of methoxy groups -OCH3 is 4. The van der Waals surface area contributed by atoms with Gasteiger partial charge in [0.05, 0.1) is 34.0 Å². The lowest BCUT2D eigenvalue weighted by molar-refractivity contribution is 0.324. The van der Waals surface area contributed by atoms with E-state index < -0.39 is 0 Å². The normalized spacial score (nSPS) is 10.7. The highest BCUT2D eigenvalue weighted by Gasteiger charge is 2.21. The van der Waals surface area contributed by atoms with Crippen molar-refractivity contribution >= 4 is 28.4 Å². The Balaban J connectivity index is 1.76. The molecule has 160 valence electrons. The largest absolute Gasteiger partial charge is 0.493 e. The lowest BCUT2D eigenvalue weighted by Crippen LogP contribution is -2.06. The monoisotopic (exact) mass is 422 g/mol. The number of ether oxygens (including phenoxy) is 4. The predicted octanol–water partition coefficient (Wildman–Crippen LogP) is 3.38. The number of hydrogen-bond acceptors (Lipinski definition) is 9. The first-order chi connectivity index (χ1) is 15.1. The molecule has 0 aliphatic heterocycles. The summed E-state index contributed by atoms with van der Waals surface area (Å²) in [5.41, 5.74) is 8.91. The van der Waals surface area contributed by atoms with Gasteiger partial charge >= 0.3 is 0 Å². The number of aromatic nitrogens is 4. The van der Waals surface area contributed by atoms with Gasteiger partial charge < -0.3 is 30.0 Å². The van der Waals surface area contributed by atoms with E-state index in [2.05, 4.69) is 25.5 Å². The fourth-order valence-electron chi connectivity index (χ4n) is 3.32. The van der Waals surface area contributed by atoms with Gasteiger partial charge in [-0.25, -0.2) is 0 Å². The number of benzene rings is 2. The molecule has 4 rings (SSSR count). The summed E-state index contributed by atoms with van der Waals surface area (Å²) in [6, 6.07) is 11.2. The van der Waals surface area contributed by atoms with Crippen LogP contribution in [0.4, 0.5) is 17.5 Å². The third kappa shape index (κ3) is 3.59. The summed E-state index contributed by atoms with van der Waals surface area (Å²) in [5.74, 6) is 2.22. The van der Waals surface area contributed by atoms with E-state index in [1.54, 1.807) is 33.5 Å². The summed E-state index contributed by atoms with van der Waals surface area (Å²) < 4.78 is 21.6. The van der Waals surface area contributed by atoms with Crippen molar-refractivity contribution < 1.29 is 18.9 Å². The van der Waals surface area contributed by atoms with E-state index in [0.717, 1.165) is 10.9 Å². The molecule has 31 heavy (non-hydrogen) atoms. The second-order valence-corrected chi connectivity index (χ2v) is 6.47. The Bertz CT molecular complexity index is 1210. The number of nitrogens with two attached hydrogens (primary N) is 1. The summed E-state index contributed by atoms with van der Waals surface area (Å²) in [4.78, 5) is 8.87. The molecule has 10 nitrogen and oxygen atoms in total. The van der Waals surface area contributed by atoms with Crippen LogP contribution in [0, 0.1) is 0 Å². The second-order valence-electron chi connectivity index (χ2n) is 6.47. The van der Waals surface area contributed by atoms with Crippen LogP contribution in [0.5, 0.6) is 23.1 Å². The van der Waals surface area contributed by atoms with Crippen molar-refractivity contribution in [3.05, 3.63) is 36.4 Å². The van der Waals surface area contributed by atoms with E-state index >= 15 is 0 Å². The standard InChI is InChI=1S/C21H22N6O4/c1-28-14-9-11(10-15(29-2)18(14)30-3)23-21-24-19(22)16(20(25-21)31-4)17-12-7-5-6-8-13(12)26-27-17/h5-10H,1-4H3,(H,26,27)(H3,22,23,24,25). The molecule has 2 heterocycles. The zero-order valence-corrected chi connectivity index (χ0v) is 17.5. The number of anilines is 3. The average molecular weight is 422 g/mol. The molecule has 0 fully saturated rings. The first-order valence-corrected chi connectivity index (χ1v) is 9.31. The number of nitrogens with zero attached hydrogens (tertiary/aromatic N) is 3. The van der Waals surface area contributed by atoms with Gasteiger partial charge in [0.15, 0.2) is 11.5 Å². The van der Waals surface area contributed by atoms with Crippen molar-refractivity contribution in [1.82, 2.24) is 20.2 Å². The van der Waals surface area contributed by atoms with Crippen LogP contribution in [0.15, 0.2) is 36.4 Å². The maximum absolute atomic E-state index is 6.30. The van der Waals surface area contributed by atoms with Crippen molar-refractivity contribution in [2.24, 2.45) is 0 Å². The molecule has 0 saturated carbocycles. The van der Waals surface area contributed by atoms with Crippen molar-refractivity contribution in [3.63, 3.8) is 0 Å². The van der Waals surface area contributed by atoms with E-state index in [0.29, 0.717) is 40.1 Å². The lowest BCUT2D eigenvalue weighted by Gasteiger charge is -2.15. The molecule has 4 N–H and O–H groups in total. The molecule has 0 unspecified atom stereocenters. The van der Waals surface area contributed by atoms with Crippen LogP contribution < -0.4 is 30.0 Å². The number of H-pyrrole nitrogens is 1. The van der Waals surface area contributed by atoms with Gasteiger partial charge in [0.25, 0.3) is 0 Å². The van der Waals surface area contributed by atoms with Crippen molar-refractivity contribution in [3.8, 4) is 34.4 Å². The van der Waals surface area contributed by atoms with E-state index in [1.807, 2.05) is 24.3 Å². The molecule has 2 aromatic carbocycles. The number of hydrogen-bond donors (Lipinski definition) is 3. The molecule has 0 spiro atoms. The number of rotatable bonds is 7. The molecule has 0 bridgehead atoms. The molecule has 0 atom stereocenters.